The van der Waals surface area contributed by atoms with Gasteiger partial charge in [-0.25, -0.2) is 4.68 Å². The standard InChI is InChI=1S/C19H21F3N4O/c20-19(21,22)16-11-14(13-7-3-1-4-8-13)23-17-12-15(24-26(16)17)18(27)25-9-5-2-6-10-25/h1,3-4,7-8,12,14,16,23H,2,5-6,9-11H2/t14-,16+/m1/s1. The van der Waals surface area contributed by atoms with Gasteiger partial charge in [-0.1, -0.05) is 30.3 Å². The van der Waals surface area contributed by atoms with Crippen LogP contribution in [0.5, 0.6) is 0 Å². The SMILES string of the molecule is O=C(c1cc2n(n1)[C@H](C(F)(F)F)C[C@H](c1ccccc1)N2)N1CCCCC1. The molecule has 1 fully saturated rings. The third kappa shape index (κ3) is 3.52. The summed E-state index contributed by atoms with van der Waals surface area (Å²) in [6, 6.07) is 8.24. The summed E-state index contributed by atoms with van der Waals surface area (Å²) in [6.07, 6.45) is -1.71. The summed E-state index contributed by atoms with van der Waals surface area (Å²) >= 11 is 0. The number of nitrogens with zero attached hydrogens (tertiary/aromatic N) is 3. The van der Waals surface area contributed by atoms with E-state index in [-0.39, 0.29) is 23.8 Å². The van der Waals surface area contributed by atoms with E-state index in [1.165, 1.54) is 6.07 Å². The van der Waals surface area contributed by atoms with Crippen LogP contribution in [0.1, 0.15) is 53.8 Å². The van der Waals surface area contributed by atoms with Crippen molar-refractivity contribution in [3.05, 3.63) is 47.7 Å². The highest BCUT2D eigenvalue weighted by atomic mass is 19.4. The molecule has 0 aliphatic carbocycles. The molecule has 0 radical (unpaired) electrons. The van der Waals surface area contributed by atoms with Crippen LogP contribution in [0.2, 0.25) is 0 Å². The van der Waals surface area contributed by atoms with Gasteiger partial charge in [0.05, 0.1) is 6.04 Å². The van der Waals surface area contributed by atoms with Crippen LogP contribution >= 0.6 is 0 Å². The Bertz CT molecular complexity index is 812. The number of halogens is 3. The van der Waals surface area contributed by atoms with Gasteiger partial charge in [0.25, 0.3) is 5.91 Å². The maximum absolute atomic E-state index is 13.7. The fraction of sp³-hybridized carbons (Fsp3) is 0.474. The molecule has 3 heterocycles. The average Bonchev–Trinajstić information content (AvgIpc) is 3.11. The van der Waals surface area contributed by atoms with Crippen molar-refractivity contribution in [2.24, 2.45) is 0 Å². The molecule has 1 aromatic heterocycles. The lowest BCUT2D eigenvalue weighted by Gasteiger charge is -2.33. The van der Waals surface area contributed by atoms with Crippen LogP contribution < -0.4 is 5.32 Å². The normalized spacial score (nSPS) is 22.9. The zero-order valence-electron chi connectivity index (χ0n) is 14.7. The minimum atomic E-state index is -4.44. The summed E-state index contributed by atoms with van der Waals surface area (Å²) in [5.41, 5.74) is 0.852. The molecule has 1 saturated heterocycles. The van der Waals surface area contributed by atoms with Crippen LogP contribution in [-0.2, 0) is 0 Å². The second-order valence-corrected chi connectivity index (χ2v) is 7.11. The van der Waals surface area contributed by atoms with Crippen molar-refractivity contribution in [1.82, 2.24) is 14.7 Å². The highest BCUT2D eigenvalue weighted by molar-refractivity contribution is 5.93. The summed E-state index contributed by atoms with van der Waals surface area (Å²) < 4.78 is 42.0. The van der Waals surface area contributed by atoms with E-state index >= 15 is 0 Å². The van der Waals surface area contributed by atoms with E-state index in [2.05, 4.69) is 10.4 Å². The van der Waals surface area contributed by atoms with Gasteiger partial charge in [0.2, 0.25) is 0 Å². The number of piperidine rings is 1. The van der Waals surface area contributed by atoms with Crippen LogP contribution in [0.4, 0.5) is 19.0 Å². The second kappa shape index (κ2) is 6.90. The molecule has 2 aliphatic heterocycles. The highest BCUT2D eigenvalue weighted by Crippen LogP contribution is 2.43. The Morgan fingerprint density at radius 3 is 2.48 bits per heavy atom. The smallest absolute Gasteiger partial charge is 0.363 e. The molecule has 0 unspecified atom stereocenters. The topological polar surface area (TPSA) is 50.2 Å². The first-order valence-corrected chi connectivity index (χ1v) is 9.20. The quantitative estimate of drug-likeness (QED) is 0.853. The molecule has 2 atom stereocenters. The Labute approximate surface area is 155 Å². The maximum atomic E-state index is 13.7. The van der Waals surface area contributed by atoms with E-state index < -0.39 is 18.3 Å². The zero-order chi connectivity index (χ0) is 19.0. The molecule has 0 bridgehead atoms. The van der Waals surface area contributed by atoms with Crippen molar-refractivity contribution in [3.8, 4) is 0 Å². The molecule has 27 heavy (non-hydrogen) atoms. The van der Waals surface area contributed by atoms with E-state index in [4.69, 9.17) is 0 Å². The summed E-state index contributed by atoms with van der Waals surface area (Å²) in [5.74, 6) is -0.0617. The Balaban J connectivity index is 1.66. The average molecular weight is 378 g/mol. The number of anilines is 1. The molecule has 4 rings (SSSR count). The van der Waals surface area contributed by atoms with E-state index in [1.807, 2.05) is 6.07 Å². The van der Waals surface area contributed by atoms with Crippen LogP contribution in [-0.4, -0.2) is 39.9 Å². The largest absolute Gasteiger partial charge is 0.410 e. The van der Waals surface area contributed by atoms with Crippen molar-refractivity contribution in [2.75, 3.05) is 18.4 Å². The third-order valence-electron chi connectivity index (χ3n) is 5.25. The van der Waals surface area contributed by atoms with E-state index in [1.54, 1.807) is 29.2 Å². The lowest BCUT2D eigenvalue weighted by atomic mass is 9.97. The number of amides is 1. The lowest BCUT2D eigenvalue weighted by Crippen LogP contribution is -2.37. The predicted octanol–water partition coefficient (Wildman–Crippen LogP) is 4.17. The van der Waals surface area contributed by atoms with Gasteiger partial charge in [-0.05, 0) is 24.8 Å². The Kier molecular flexibility index (Phi) is 4.57. The molecule has 144 valence electrons. The second-order valence-electron chi connectivity index (χ2n) is 7.11. The number of aromatic nitrogens is 2. The monoisotopic (exact) mass is 378 g/mol. The van der Waals surface area contributed by atoms with Gasteiger partial charge in [0.15, 0.2) is 11.7 Å². The minimum absolute atomic E-state index is 0.0716. The first-order valence-electron chi connectivity index (χ1n) is 9.20. The molecule has 1 amide bonds. The van der Waals surface area contributed by atoms with Crippen LogP contribution in [0.25, 0.3) is 0 Å². The number of hydrogen-bond donors (Lipinski definition) is 1. The zero-order valence-corrected chi connectivity index (χ0v) is 14.7. The van der Waals surface area contributed by atoms with Gasteiger partial charge in [-0.3, -0.25) is 4.79 Å². The number of fused-ring (bicyclic) bond motifs is 1. The fourth-order valence-corrected chi connectivity index (χ4v) is 3.84. The molecule has 0 spiro atoms. The molecule has 1 aromatic carbocycles. The molecule has 0 saturated carbocycles. The molecule has 2 aromatic rings. The summed E-state index contributed by atoms with van der Waals surface area (Å²) in [5, 5.41) is 7.17. The summed E-state index contributed by atoms with van der Waals surface area (Å²) in [7, 11) is 0. The molecular formula is C19H21F3N4O. The number of carbonyl (C=O) groups excluding carboxylic acids is 1. The van der Waals surface area contributed by atoms with Crippen LogP contribution in [0.3, 0.4) is 0 Å². The number of benzene rings is 1. The Morgan fingerprint density at radius 2 is 1.81 bits per heavy atom. The molecular weight excluding hydrogens is 357 g/mol. The number of hydrogen-bond acceptors (Lipinski definition) is 3. The van der Waals surface area contributed by atoms with Crippen LogP contribution in [0, 0.1) is 0 Å². The molecule has 1 N–H and O–H groups in total. The van der Waals surface area contributed by atoms with Gasteiger partial charge in [0.1, 0.15) is 5.82 Å². The Hall–Kier alpha value is -2.51. The van der Waals surface area contributed by atoms with Crippen molar-refractivity contribution in [3.63, 3.8) is 0 Å². The van der Waals surface area contributed by atoms with Gasteiger partial charge in [0, 0.05) is 25.6 Å². The van der Waals surface area contributed by atoms with Crippen molar-refractivity contribution in [2.45, 2.75) is 43.9 Å². The number of alkyl halides is 3. The van der Waals surface area contributed by atoms with E-state index in [0.717, 1.165) is 29.5 Å². The van der Waals surface area contributed by atoms with Gasteiger partial charge >= 0.3 is 6.18 Å². The van der Waals surface area contributed by atoms with Crippen molar-refractivity contribution >= 4 is 11.7 Å². The lowest BCUT2D eigenvalue weighted by molar-refractivity contribution is -0.173. The first kappa shape index (κ1) is 17.9. The van der Waals surface area contributed by atoms with Gasteiger partial charge in [-0.15, -0.1) is 0 Å². The van der Waals surface area contributed by atoms with E-state index in [0.29, 0.717) is 13.1 Å². The molecule has 8 heteroatoms. The number of likely N-dealkylation sites (tertiary alicyclic amines) is 1. The minimum Gasteiger partial charge on any atom is -0.363 e. The maximum Gasteiger partial charge on any atom is 0.410 e. The summed E-state index contributed by atoms with van der Waals surface area (Å²) in [6.45, 7) is 1.26. The third-order valence-corrected chi connectivity index (χ3v) is 5.25. The molecule has 5 nitrogen and oxygen atoms in total. The van der Waals surface area contributed by atoms with Crippen molar-refractivity contribution in [1.29, 1.82) is 0 Å². The van der Waals surface area contributed by atoms with Crippen molar-refractivity contribution < 1.29 is 18.0 Å². The Morgan fingerprint density at radius 1 is 1.11 bits per heavy atom. The van der Waals surface area contributed by atoms with E-state index in [9.17, 15) is 18.0 Å². The van der Waals surface area contributed by atoms with Gasteiger partial charge in [-0.2, -0.15) is 18.3 Å². The number of carbonyl (C=O) groups is 1. The number of rotatable bonds is 2. The van der Waals surface area contributed by atoms with Gasteiger partial charge < -0.3 is 10.2 Å². The first-order chi connectivity index (χ1) is 12.9. The number of nitrogens with one attached hydrogen (secondary N) is 1. The fourth-order valence-electron chi connectivity index (χ4n) is 3.84. The summed E-state index contributed by atoms with van der Waals surface area (Å²) in [4.78, 5) is 14.3. The highest BCUT2D eigenvalue weighted by Gasteiger charge is 2.47. The predicted molar refractivity (Wildman–Crippen MR) is 94.5 cm³/mol. The van der Waals surface area contributed by atoms with Crippen LogP contribution in [0.15, 0.2) is 36.4 Å². The molecule has 2 aliphatic rings.